The summed E-state index contributed by atoms with van der Waals surface area (Å²) in [7, 11) is -7.70. The van der Waals surface area contributed by atoms with Gasteiger partial charge < -0.3 is 10.2 Å². The van der Waals surface area contributed by atoms with Gasteiger partial charge in [0.15, 0.2) is 15.7 Å². The lowest BCUT2D eigenvalue weighted by molar-refractivity contribution is 0.460. The van der Waals surface area contributed by atoms with Crippen molar-refractivity contribution in [2.24, 2.45) is 0 Å². The number of hydrogen-bond donors (Lipinski definition) is 1. The van der Waals surface area contributed by atoms with E-state index in [-0.39, 0.29) is 14.0 Å². The first-order chi connectivity index (χ1) is 15.1. The van der Waals surface area contributed by atoms with Crippen molar-refractivity contribution in [3.63, 3.8) is 0 Å². The maximum absolute atomic E-state index is 13.6. The number of benzene rings is 1. The summed E-state index contributed by atoms with van der Waals surface area (Å²) in [5, 5.41) is 8.35. The fraction of sp³-hybridized carbons (Fsp3) is 0.450. The predicted molar refractivity (Wildman–Crippen MR) is 126 cm³/mol. The Morgan fingerprint density at radius 1 is 1.12 bits per heavy atom. The molecular weight excluding hydrogens is 492 g/mol. The van der Waals surface area contributed by atoms with E-state index in [1.165, 1.54) is 12.1 Å². The van der Waals surface area contributed by atoms with Crippen LogP contribution in [-0.4, -0.2) is 56.4 Å². The Bertz CT molecular complexity index is 1420. The molecule has 3 heterocycles. The van der Waals surface area contributed by atoms with Crippen LogP contribution in [0.2, 0.25) is 5.02 Å². The van der Waals surface area contributed by atoms with Crippen molar-refractivity contribution >= 4 is 59.5 Å². The monoisotopic (exact) mass is 514 g/mol. The zero-order chi connectivity index (χ0) is 22.9. The van der Waals surface area contributed by atoms with Crippen LogP contribution < -0.4 is 10.2 Å². The fourth-order valence-corrected chi connectivity index (χ4v) is 8.96. The lowest BCUT2D eigenvalue weighted by Crippen LogP contribution is -2.53. The number of nitrogens with zero attached hydrogens (tertiary/aromatic N) is 3. The molecule has 2 aliphatic rings. The molecule has 172 valence electrons. The number of fused-ring (bicyclic) bond motifs is 1. The van der Waals surface area contributed by atoms with Crippen molar-refractivity contribution in [3.05, 3.63) is 35.4 Å². The third-order valence-electron chi connectivity index (χ3n) is 6.17. The van der Waals surface area contributed by atoms with Crippen LogP contribution >= 0.6 is 22.9 Å². The summed E-state index contributed by atoms with van der Waals surface area (Å²) in [5.74, 6) is 0.555. The number of thiophene rings is 1. The van der Waals surface area contributed by atoms with Crippen LogP contribution in [0, 0.1) is 0 Å². The topological polar surface area (TPSA) is 101 Å². The Labute approximate surface area is 196 Å². The first-order valence-corrected chi connectivity index (χ1v) is 14.5. The molecule has 1 aliphatic carbocycles. The van der Waals surface area contributed by atoms with Gasteiger partial charge in [-0.1, -0.05) is 17.7 Å². The largest absolute Gasteiger partial charge is 0.346 e. The number of hydrogen-bond acceptors (Lipinski definition) is 8. The average molecular weight is 515 g/mol. The zero-order valence-corrected chi connectivity index (χ0v) is 20.8. The molecule has 0 radical (unpaired) electrons. The van der Waals surface area contributed by atoms with Gasteiger partial charge in [-0.15, -0.1) is 16.4 Å². The summed E-state index contributed by atoms with van der Waals surface area (Å²) in [5.41, 5.74) is 0.317. The first kappa shape index (κ1) is 22.1. The van der Waals surface area contributed by atoms with Crippen LogP contribution in [0.4, 0.5) is 5.82 Å². The minimum atomic E-state index is -4.12. The second-order valence-corrected chi connectivity index (χ2v) is 14.7. The van der Waals surface area contributed by atoms with Crippen LogP contribution in [0.1, 0.15) is 26.7 Å². The molecule has 0 bridgehead atoms. The summed E-state index contributed by atoms with van der Waals surface area (Å²) in [4.78, 5) is 2.17. The average Bonchev–Trinajstić information content (AvgIpc) is 3.18. The molecule has 1 spiro atoms. The Morgan fingerprint density at radius 3 is 2.53 bits per heavy atom. The quantitative estimate of drug-likeness (QED) is 0.558. The molecule has 12 heteroatoms. The van der Waals surface area contributed by atoms with Gasteiger partial charge in [-0.25, -0.2) is 8.42 Å². The summed E-state index contributed by atoms with van der Waals surface area (Å²) >= 11 is 7.28. The maximum atomic E-state index is 13.6. The van der Waals surface area contributed by atoms with Crippen molar-refractivity contribution in [2.75, 3.05) is 24.5 Å². The van der Waals surface area contributed by atoms with E-state index in [1.54, 1.807) is 32.0 Å². The van der Waals surface area contributed by atoms with Crippen LogP contribution in [0.25, 0.3) is 10.9 Å². The molecule has 1 aromatic carbocycles. The molecule has 0 atom stereocenters. The number of piperazine rings is 1. The summed E-state index contributed by atoms with van der Waals surface area (Å²) < 4.78 is 53.2. The molecule has 32 heavy (non-hydrogen) atoms. The Kier molecular flexibility index (Phi) is 5.14. The van der Waals surface area contributed by atoms with Gasteiger partial charge in [0, 0.05) is 19.6 Å². The number of anilines is 1. The molecule has 1 saturated carbocycles. The van der Waals surface area contributed by atoms with Crippen molar-refractivity contribution in [1.29, 1.82) is 0 Å². The van der Waals surface area contributed by atoms with Gasteiger partial charge in [-0.3, -0.25) is 0 Å². The molecule has 8 nitrogen and oxygen atoms in total. The Hall–Kier alpha value is -1.66. The van der Waals surface area contributed by atoms with E-state index in [4.69, 9.17) is 11.6 Å². The van der Waals surface area contributed by atoms with E-state index in [0.717, 1.165) is 41.4 Å². The van der Waals surface area contributed by atoms with Crippen molar-refractivity contribution in [3.8, 4) is 0 Å². The number of halogens is 1. The van der Waals surface area contributed by atoms with Gasteiger partial charge >= 0.3 is 0 Å². The van der Waals surface area contributed by atoms with Gasteiger partial charge in [0.25, 0.3) is 10.0 Å². The second kappa shape index (κ2) is 7.42. The molecule has 1 N–H and O–H groups in total. The van der Waals surface area contributed by atoms with E-state index in [0.29, 0.717) is 28.3 Å². The highest BCUT2D eigenvalue weighted by Crippen LogP contribution is 2.47. The highest BCUT2D eigenvalue weighted by molar-refractivity contribution is 7.95. The zero-order valence-electron chi connectivity index (χ0n) is 17.6. The smallest absolute Gasteiger partial charge is 0.293 e. The third-order valence-corrected chi connectivity index (χ3v) is 12.3. The Balaban J connectivity index is 1.67. The van der Waals surface area contributed by atoms with Crippen LogP contribution in [0.5, 0.6) is 0 Å². The minimum absolute atomic E-state index is 0.0276. The first-order valence-electron chi connectivity index (χ1n) is 10.3. The van der Waals surface area contributed by atoms with Gasteiger partial charge in [0.2, 0.25) is 0 Å². The number of aromatic nitrogens is 2. The van der Waals surface area contributed by atoms with E-state index < -0.39 is 25.1 Å². The number of nitrogens with one attached hydrogen (secondary N) is 1. The summed E-state index contributed by atoms with van der Waals surface area (Å²) in [6.45, 7) is 5.43. The van der Waals surface area contributed by atoms with Gasteiger partial charge in [0.05, 0.1) is 26.7 Å². The van der Waals surface area contributed by atoms with E-state index in [1.807, 2.05) is 0 Å². The van der Waals surface area contributed by atoms with E-state index in [2.05, 4.69) is 15.3 Å². The van der Waals surface area contributed by atoms with Crippen molar-refractivity contribution < 1.29 is 16.8 Å². The number of sulfone groups is 1. The molecule has 5 rings (SSSR count). The highest BCUT2D eigenvalue weighted by Gasteiger charge is 2.50. The Morgan fingerprint density at radius 2 is 1.84 bits per heavy atom. The standard InChI is InChI=1S/C20H23ClN4O4S3/c1-13(2)31(26,27)16-6-7-17(30-16)32(28,29)25-15-5-3-4-14(21)18(15)19(23-25)24-11-10-22-12-20(24)8-9-20/h3-7,13,22H,8-12H2,1-2H3. The van der Waals surface area contributed by atoms with Crippen LogP contribution in [-0.2, 0) is 19.9 Å². The normalized spacial score (nSPS) is 18.7. The third kappa shape index (κ3) is 3.28. The second-order valence-electron chi connectivity index (χ2n) is 8.53. The molecule has 3 aromatic rings. The van der Waals surface area contributed by atoms with Gasteiger partial charge in [0.1, 0.15) is 8.42 Å². The maximum Gasteiger partial charge on any atom is 0.293 e. The predicted octanol–water partition coefficient (Wildman–Crippen LogP) is 3.11. The minimum Gasteiger partial charge on any atom is -0.346 e. The molecule has 0 amide bonds. The molecule has 1 saturated heterocycles. The summed E-state index contributed by atoms with van der Waals surface area (Å²) in [6.07, 6.45) is 2.01. The molecule has 2 fully saturated rings. The lowest BCUT2D eigenvalue weighted by atomic mass is 10.1. The number of rotatable bonds is 5. The SMILES string of the molecule is CC(C)S(=O)(=O)c1ccc(S(=O)(=O)n2nc(N3CCNCC34CC4)c3c(Cl)cccc32)s1. The van der Waals surface area contributed by atoms with Crippen LogP contribution in [0.3, 0.4) is 0 Å². The van der Waals surface area contributed by atoms with E-state index in [9.17, 15) is 16.8 Å². The molecule has 0 unspecified atom stereocenters. The molecule has 2 aromatic heterocycles. The fourth-order valence-electron chi connectivity index (χ4n) is 4.13. The highest BCUT2D eigenvalue weighted by atomic mass is 35.5. The lowest BCUT2D eigenvalue weighted by Gasteiger charge is -2.37. The van der Waals surface area contributed by atoms with Gasteiger partial charge in [-0.05, 0) is 51.0 Å². The molecular formula is C20H23ClN4O4S3. The van der Waals surface area contributed by atoms with Gasteiger partial charge in [-0.2, -0.15) is 12.5 Å². The van der Waals surface area contributed by atoms with Crippen molar-refractivity contribution in [1.82, 2.24) is 14.5 Å². The van der Waals surface area contributed by atoms with Crippen molar-refractivity contribution in [2.45, 2.75) is 45.9 Å². The van der Waals surface area contributed by atoms with E-state index >= 15 is 0 Å². The van der Waals surface area contributed by atoms with Crippen LogP contribution in [0.15, 0.2) is 38.8 Å². The molecule has 1 aliphatic heterocycles. The summed E-state index contributed by atoms with van der Waals surface area (Å²) in [6, 6.07) is 7.78.